The van der Waals surface area contributed by atoms with Gasteiger partial charge < -0.3 is 0 Å². The number of hydrogen-bond acceptors (Lipinski definition) is 1. The molecule has 0 radical (unpaired) electrons. The highest BCUT2D eigenvalue weighted by molar-refractivity contribution is 14.1. The third-order valence-corrected chi connectivity index (χ3v) is 3.43. The molecule has 0 amide bonds. The highest BCUT2D eigenvalue weighted by Crippen LogP contribution is 2.30. The molecule has 18 heavy (non-hydrogen) atoms. The molecule has 2 aromatic rings. The fourth-order valence-corrected chi connectivity index (χ4v) is 2.26. The van der Waals surface area contributed by atoms with Crippen LogP contribution in [0.5, 0.6) is 0 Å². The number of halogens is 4. The summed E-state index contributed by atoms with van der Waals surface area (Å²) in [5.41, 5.74) is 0.371. The van der Waals surface area contributed by atoms with E-state index in [1.54, 1.807) is 12.1 Å². The molecule has 0 aliphatic rings. The molecule has 1 heterocycles. The van der Waals surface area contributed by atoms with Crippen LogP contribution in [-0.2, 0) is 12.6 Å². The van der Waals surface area contributed by atoms with Crippen molar-refractivity contribution < 1.29 is 13.2 Å². The van der Waals surface area contributed by atoms with E-state index in [4.69, 9.17) is 0 Å². The first-order valence-electron chi connectivity index (χ1n) is 5.34. The van der Waals surface area contributed by atoms with E-state index in [9.17, 15) is 13.2 Å². The van der Waals surface area contributed by atoms with E-state index in [0.29, 0.717) is 17.8 Å². The third-order valence-electron chi connectivity index (χ3n) is 2.52. The summed E-state index contributed by atoms with van der Waals surface area (Å²) >= 11 is 2.08. The van der Waals surface area contributed by atoms with Crippen molar-refractivity contribution in [3.63, 3.8) is 0 Å². The summed E-state index contributed by atoms with van der Waals surface area (Å²) in [5.74, 6) is 0. The zero-order valence-corrected chi connectivity index (χ0v) is 11.7. The van der Waals surface area contributed by atoms with Gasteiger partial charge in [-0.05, 0) is 47.2 Å². The molecule has 0 atom stereocenters. The Bertz CT molecular complexity index is 561. The van der Waals surface area contributed by atoms with Crippen molar-refractivity contribution in [2.45, 2.75) is 19.5 Å². The molecule has 2 rings (SSSR count). The minimum absolute atomic E-state index is 0.494. The summed E-state index contributed by atoms with van der Waals surface area (Å²) in [6, 6.07) is 8.32. The van der Waals surface area contributed by atoms with Gasteiger partial charge in [0.15, 0.2) is 5.69 Å². The van der Waals surface area contributed by atoms with Crippen molar-refractivity contribution in [1.82, 2.24) is 9.78 Å². The van der Waals surface area contributed by atoms with E-state index in [2.05, 4.69) is 27.7 Å². The van der Waals surface area contributed by atoms with Crippen molar-refractivity contribution in [2.75, 3.05) is 0 Å². The van der Waals surface area contributed by atoms with Crippen molar-refractivity contribution in [1.29, 1.82) is 0 Å². The maximum absolute atomic E-state index is 12.7. The minimum atomic E-state index is -4.41. The van der Waals surface area contributed by atoms with Crippen LogP contribution in [0.15, 0.2) is 30.3 Å². The Labute approximate surface area is 116 Å². The lowest BCUT2D eigenvalue weighted by Crippen LogP contribution is -2.08. The predicted molar refractivity (Wildman–Crippen MR) is 70.7 cm³/mol. The van der Waals surface area contributed by atoms with Crippen molar-refractivity contribution >= 4 is 22.6 Å². The molecule has 0 N–H and O–H groups in total. The fraction of sp³-hybridized carbons (Fsp3) is 0.250. The van der Waals surface area contributed by atoms with Gasteiger partial charge in [0.05, 0.1) is 5.69 Å². The highest BCUT2D eigenvalue weighted by atomic mass is 127. The van der Waals surface area contributed by atoms with E-state index in [1.807, 2.05) is 19.1 Å². The summed E-state index contributed by atoms with van der Waals surface area (Å²) in [5, 5.41) is 3.67. The molecule has 0 unspecified atom stereocenters. The lowest BCUT2D eigenvalue weighted by atomic mass is 10.2. The number of aromatic nitrogens is 2. The zero-order chi connectivity index (χ0) is 13.3. The molecule has 0 spiro atoms. The smallest absolute Gasteiger partial charge is 0.236 e. The molecule has 1 aromatic heterocycles. The molecule has 0 aliphatic heterocycles. The monoisotopic (exact) mass is 366 g/mol. The Kier molecular flexibility index (Phi) is 3.65. The molecule has 0 saturated carbocycles. The van der Waals surface area contributed by atoms with E-state index < -0.39 is 11.9 Å². The lowest BCUT2D eigenvalue weighted by Gasteiger charge is -2.07. The second-order valence-electron chi connectivity index (χ2n) is 3.74. The number of para-hydroxylation sites is 1. The first-order chi connectivity index (χ1) is 8.43. The van der Waals surface area contributed by atoms with Gasteiger partial charge in [-0.3, -0.25) is 0 Å². The largest absolute Gasteiger partial charge is 0.435 e. The molecule has 0 saturated heterocycles. The minimum Gasteiger partial charge on any atom is -0.236 e. The average molecular weight is 366 g/mol. The predicted octanol–water partition coefficient (Wildman–Crippen LogP) is 4.06. The molecular weight excluding hydrogens is 356 g/mol. The van der Waals surface area contributed by atoms with Crippen LogP contribution in [0.4, 0.5) is 13.2 Å². The number of benzene rings is 1. The molecular formula is C12H10F3IN2. The van der Waals surface area contributed by atoms with Gasteiger partial charge in [0.25, 0.3) is 0 Å². The van der Waals surface area contributed by atoms with Gasteiger partial charge >= 0.3 is 6.18 Å². The van der Waals surface area contributed by atoms with E-state index in [-0.39, 0.29) is 0 Å². The van der Waals surface area contributed by atoms with Gasteiger partial charge in [0.2, 0.25) is 0 Å². The summed E-state index contributed by atoms with van der Waals surface area (Å²) in [7, 11) is 0. The topological polar surface area (TPSA) is 17.8 Å². The van der Waals surface area contributed by atoms with Crippen molar-refractivity contribution in [3.05, 3.63) is 45.3 Å². The van der Waals surface area contributed by atoms with Crippen LogP contribution in [0.3, 0.4) is 0 Å². The molecule has 0 bridgehead atoms. The standard InChI is InChI=1S/C12H10F3IN2/c1-2-8-7-11(12(13,14)15)17-18(8)10-6-4-3-5-9(10)16/h3-7H,2H2,1H3. The number of alkyl halides is 3. The molecule has 0 aliphatic carbocycles. The Morgan fingerprint density at radius 2 is 1.94 bits per heavy atom. The maximum Gasteiger partial charge on any atom is 0.435 e. The Hall–Kier alpha value is -1.05. The first kappa shape index (κ1) is 13.4. The summed E-state index contributed by atoms with van der Waals surface area (Å²) < 4.78 is 40.2. The first-order valence-corrected chi connectivity index (χ1v) is 6.42. The molecule has 96 valence electrons. The van der Waals surface area contributed by atoms with E-state index in [0.717, 1.165) is 9.64 Å². The number of hydrogen-bond donors (Lipinski definition) is 0. The zero-order valence-electron chi connectivity index (χ0n) is 9.50. The molecule has 2 nitrogen and oxygen atoms in total. The quantitative estimate of drug-likeness (QED) is 0.734. The molecule has 1 aromatic carbocycles. The summed E-state index contributed by atoms with van der Waals surface area (Å²) in [6.45, 7) is 1.81. The van der Waals surface area contributed by atoms with Gasteiger partial charge in [-0.15, -0.1) is 0 Å². The van der Waals surface area contributed by atoms with Crippen LogP contribution in [0, 0.1) is 3.57 Å². The number of nitrogens with zero attached hydrogens (tertiary/aromatic N) is 2. The SMILES string of the molecule is CCc1cc(C(F)(F)F)nn1-c1ccccc1I. The Balaban J connectivity index is 2.58. The third kappa shape index (κ3) is 2.52. The van der Waals surface area contributed by atoms with Crippen LogP contribution >= 0.6 is 22.6 Å². The molecule has 6 heteroatoms. The Morgan fingerprint density at radius 3 is 2.50 bits per heavy atom. The van der Waals surface area contributed by atoms with Gasteiger partial charge in [-0.2, -0.15) is 18.3 Å². The van der Waals surface area contributed by atoms with E-state index in [1.165, 1.54) is 4.68 Å². The maximum atomic E-state index is 12.7. The van der Waals surface area contributed by atoms with Gasteiger partial charge in [-0.1, -0.05) is 19.1 Å². The van der Waals surface area contributed by atoms with Crippen molar-refractivity contribution in [3.8, 4) is 5.69 Å². The van der Waals surface area contributed by atoms with Gasteiger partial charge in [0.1, 0.15) is 0 Å². The Morgan fingerprint density at radius 1 is 1.28 bits per heavy atom. The van der Waals surface area contributed by atoms with Crippen LogP contribution in [0.2, 0.25) is 0 Å². The summed E-state index contributed by atoms with van der Waals surface area (Å²) in [6.07, 6.45) is -3.91. The lowest BCUT2D eigenvalue weighted by molar-refractivity contribution is -0.141. The van der Waals surface area contributed by atoms with Crippen LogP contribution in [-0.4, -0.2) is 9.78 Å². The second kappa shape index (κ2) is 4.91. The fourth-order valence-electron chi connectivity index (χ4n) is 1.64. The average Bonchev–Trinajstić information content (AvgIpc) is 2.73. The highest BCUT2D eigenvalue weighted by Gasteiger charge is 2.34. The van der Waals surface area contributed by atoms with Crippen molar-refractivity contribution in [2.24, 2.45) is 0 Å². The number of aryl methyl sites for hydroxylation is 1. The van der Waals surface area contributed by atoms with Crippen LogP contribution < -0.4 is 0 Å². The van der Waals surface area contributed by atoms with Gasteiger partial charge in [-0.25, -0.2) is 4.68 Å². The van der Waals surface area contributed by atoms with Gasteiger partial charge in [0, 0.05) is 9.26 Å². The molecule has 0 fully saturated rings. The van der Waals surface area contributed by atoms with Crippen LogP contribution in [0.1, 0.15) is 18.3 Å². The van der Waals surface area contributed by atoms with Crippen LogP contribution in [0.25, 0.3) is 5.69 Å². The summed E-state index contributed by atoms with van der Waals surface area (Å²) in [4.78, 5) is 0. The number of rotatable bonds is 2. The normalized spacial score (nSPS) is 11.8. The van der Waals surface area contributed by atoms with E-state index >= 15 is 0 Å². The second-order valence-corrected chi connectivity index (χ2v) is 4.90.